The topological polar surface area (TPSA) is 155 Å². The van der Waals surface area contributed by atoms with E-state index in [1.54, 1.807) is 0 Å². The zero-order valence-corrected chi connectivity index (χ0v) is 12.5. The molecule has 130 valence electrons. The van der Waals surface area contributed by atoms with E-state index in [2.05, 4.69) is 9.98 Å². The summed E-state index contributed by atoms with van der Waals surface area (Å²) < 4.78 is 31.8. The number of aliphatic imine (C=N–C) groups is 2. The van der Waals surface area contributed by atoms with Crippen molar-refractivity contribution in [3.63, 3.8) is 0 Å². The van der Waals surface area contributed by atoms with E-state index < -0.39 is 22.2 Å². The van der Waals surface area contributed by atoms with Gasteiger partial charge in [-0.25, -0.2) is 13.8 Å². The molecule has 0 fully saturated rings. The summed E-state index contributed by atoms with van der Waals surface area (Å²) >= 11 is 0. The zero-order valence-electron chi connectivity index (χ0n) is 12.5. The van der Waals surface area contributed by atoms with E-state index in [1.807, 2.05) is 0 Å². The van der Waals surface area contributed by atoms with Gasteiger partial charge in [-0.1, -0.05) is 0 Å². The van der Waals surface area contributed by atoms with Crippen LogP contribution in [-0.2, 0) is 0 Å². The first-order valence-electron chi connectivity index (χ1n) is 6.61. The van der Waals surface area contributed by atoms with Crippen LogP contribution in [0.25, 0.3) is 0 Å². The molecule has 0 amide bonds. The zero-order chi connectivity index (χ0) is 18.6. The van der Waals surface area contributed by atoms with E-state index >= 15 is 0 Å². The lowest BCUT2D eigenvalue weighted by molar-refractivity contribution is -0.384. The maximum atomic E-state index is 13.7. The highest BCUT2D eigenvalue weighted by Gasteiger charge is 2.13. The highest BCUT2D eigenvalue weighted by atomic mass is 19.1. The minimum Gasteiger partial charge on any atom is -0.454 e. The van der Waals surface area contributed by atoms with Crippen molar-refractivity contribution in [2.75, 3.05) is 0 Å². The molecular weight excluding hydrogens is 338 g/mol. The summed E-state index contributed by atoms with van der Waals surface area (Å²) in [6.45, 7) is 0. The van der Waals surface area contributed by atoms with Crippen molar-refractivity contribution in [1.82, 2.24) is 0 Å². The molecule has 0 unspecified atom stereocenters. The van der Waals surface area contributed by atoms with Crippen molar-refractivity contribution in [1.29, 1.82) is 0 Å². The summed E-state index contributed by atoms with van der Waals surface area (Å²) in [5.74, 6) is -2.91. The second-order valence-corrected chi connectivity index (χ2v) is 4.63. The van der Waals surface area contributed by atoms with Crippen molar-refractivity contribution in [3.05, 3.63) is 58.1 Å². The minimum atomic E-state index is -0.975. The molecule has 0 aromatic heterocycles. The van der Waals surface area contributed by atoms with Gasteiger partial charge in [0.15, 0.2) is 17.5 Å². The Bertz CT molecular complexity index is 881. The van der Waals surface area contributed by atoms with Crippen LogP contribution < -0.4 is 21.9 Å². The second kappa shape index (κ2) is 7.21. The first-order chi connectivity index (χ1) is 11.7. The van der Waals surface area contributed by atoms with Crippen LogP contribution >= 0.6 is 0 Å². The summed E-state index contributed by atoms with van der Waals surface area (Å²) in [6, 6.07) is 6.00. The molecule has 0 radical (unpaired) electrons. The van der Waals surface area contributed by atoms with Gasteiger partial charge in [0.2, 0.25) is 5.96 Å². The maximum Gasteiger partial charge on any atom is 0.275 e. The van der Waals surface area contributed by atoms with Crippen molar-refractivity contribution in [2.45, 2.75) is 0 Å². The molecule has 0 saturated heterocycles. The number of benzene rings is 2. The average molecular weight is 350 g/mol. The predicted octanol–water partition coefficient (Wildman–Crippen LogP) is 1.88. The summed E-state index contributed by atoms with van der Waals surface area (Å²) in [4.78, 5) is 17.6. The lowest BCUT2D eigenvalue weighted by Gasteiger charge is -2.07. The van der Waals surface area contributed by atoms with Gasteiger partial charge in [0, 0.05) is 18.2 Å². The number of rotatable bonds is 4. The van der Waals surface area contributed by atoms with Crippen LogP contribution in [-0.4, -0.2) is 16.8 Å². The molecule has 6 N–H and O–H groups in total. The van der Waals surface area contributed by atoms with E-state index in [-0.39, 0.29) is 29.1 Å². The fourth-order valence-corrected chi connectivity index (χ4v) is 1.77. The number of hydrogen-bond acceptors (Lipinski definition) is 4. The van der Waals surface area contributed by atoms with E-state index in [0.29, 0.717) is 6.07 Å². The smallest absolute Gasteiger partial charge is 0.275 e. The highest BCUT2D eigenvalue weighted by Crippen LogP contribution is 2.32. The van der Waals surface area contributed by atoms with Crippen molar-refractivity contribution in [3.8, 4) is 11.5 Å². The third-order valence-corrected chi connectivity index (χ3v) is 2.70. The lowest BCUT2D eigenvalue weighted by Crippen LogP contribution is -2.26. The van der Waals surface area contributed by atoms with Gasteiger partial charge in [-0.3, -0.25) is 10.1 Å². The first kappa shape index (κ1) is 17.6. The fraction of sp³-hybridized carbons (Fsp3) is 0. The highest BCUT2D eigenvalue weighted by molar-refractivity contribution is 5.93. The van der Waals surface area contributed by atoms with Crippen LogP contribution in [0.1, 0.15) is 0 Å². The molecule has 0 heterocycles. The van der Waals surface area contributed by atoms with Crippen LogP contribution in [0.4, 0.5) is 20.2 Å². The molecular formula is C14H12F2N6O3. The minimum absolute atomic E-state index is 0.00535. The number of non-ortho nitro benzene ring substituents is 1. The molecule has 0 bridgehead atoms. The van der Waals surface area contributed by atoms with E-state index in [4.69, 9.17) is 21.9 Å². The number of nitro groups is 1. The molecule has 11 heteroatoms. The van der Waals surface area contributed by atoms with E-state index in [0.717, 1.165) is 24.3 Å². The van der Waals surface area contributed by atoms with Gasteiger partial charge < -0.3 is 21.9 Å². The Morgan fingerprint density at radius 2 is 1.84 bits per heavy atom. The van der Waals surface area contributed by atoms with Gasteiger partial charge in [-0.05, 0) is 12.1 Å². The van der Waals surface area contributed by atoms with E-state index in [1.165, 1.54) is 6.07 Å². The number of guanidine groups is 2. The third-order valence-electron chi connectivity index (χ3n) is 2.70. The molecule has 9 nitrogen and oxygen atoms in total. The molecule has 2 aromatic rings. The van der Waals surface area contributed by atoms with Gasteiger partial charge in [-0.15, -0.1) is 0 Å². The summed E-state index contributed by atoms with van der Waals surface area (Å²) in [6.07, 6.45) is 0. The monoisotopic (exact) mass is 350 g/mol. The van der Waals surface area contributed by atoms with Crippen molar-refractivity contribution in [2.24, 2.45) is 27.2 Å². The average Bonchev–Trinajstić information content (AvgIpc) is 2.49. The summed E-state index contributed by atoms with van der Waals surface area (Å²) in [7, 11) is 0. The number of hydrogen-bond donors (Lipinski definition) is 3. The number of nitro benzene ring substituents is 1. The van der Waals surface area contributed by atoms with Gasteiger partial charge >= 0.3 is 0 Å². The number of nitrogens with two attached hydrogens (primary N) is 3. The molecule has 2 aromatic carbocycles. The number of ether oxygens (including phenoxy) is 1. The molecule has 2 rings (SSSR count). The molecule has 0 aliphatic rings. The Kier molecular flexibility index (Phi) is 5.07. The SMILES string of the molecule is NC(N)=NC(N)=Nc1cc(Oc2ccc(F)cc2F)cc([N+](=O)[O-])c1. The number of nitrogens with zero attached hydrogens (tertiary/aromatic N) is 3. The van der Waals surface area contributed by atoms with Crippen LogP contribution in [0.15, 0.2) is 46.4 Å². The van der Waals surface area contributed by atoms with Crippen molar-refractivity contribution >= 4 is 23.3 Å². The Morgan fingerprint density at radius 1 is 1.12 bits per heavy atom. The van der Waals surface area contributed by atoms with Gasteiger partial charge in [0.1, 0.15) is 11.6 Å². The molecule has 0 aliphatic carbocycles. The number of halogens is 2. The standard InChI is InChI=1S/C14H12F2N6O3/c15-7-1-2-12(11(16)3-7)25-10-5-8(4-9(6-10)22(23)24)20-14(19)21-13(17)18/h1-6H,(H6,17,18,19,20,21). The summed E-state index contributed by atoms with van der Waals surface area (Å²) in [5, 5.41) is 11.0. The quantitative estimate of drug-likeness (QED) is 0.331. The summed E-state index contributed by atoms with van der Waals surface area (Å²) in [5.41, 5.74) is 15.4. The Balaban J connectivity index is 2.44. The van der Waals surface area contributed by atoms with Crippen LogP contribution in [0.3, 0.4) is 0 Å². The molecule has 0 spiro atoms. The van der Waals surface area contributed by atoms with Gasteiger partial charge in [0.05, 0.1) is 16.7 Å². The van der Waals surface area contributed by atoms with Crippen LogP contribution in [0.5, 0.6) is 11.5 Å². The van der Waals surface area contributed by atoms with Crippen LogP contribution in [0, 0.1) is 21.7 Å². The Hall–Kier alpha value is -3.76. The molecule has 0 saturated carbocycles. The Morgan fingerprint density at radius 3 is 2.44 bits per heavy atom. The first-order valence-corrected chi connectivity index (χ1v) is 6.61. The third kappa shape index (κ3) is 4.86. The van der Waals surface area contributed by atoms with Gasteiger partial charge in [0.25, 0.3) is 5.69 Å². The fourth-order valence-electron chi connectivity index (χ4n) is 1.77. The molecule has 0 aliphatic heterocycles. The largest absolute Gasteiger partial charge is 0.454 e. The predicted molar refractivity (Wildman–Crippen MR) is 86.6 cm³/mol. The Labute approximate surface area is 139 Å². The second-order valence-electron chi connectivity index (χ2n) is 4.63. The van der Waals surface area contributed by atoms with Gasteiger partial charge in [-0.2, -0.15) is 4.99 Å². The molecule has 25 heavy (non-hydrogen) atoms. The normalized spacial score (nSPS) is 11.0. The maximum absolute atomic E-state index is 13.7. The van der Waals surface area contributed by atoms with Crippen molar-refractivity contribution < 1.29 is 18.4 Å². The van der Waals surface area contributed by atoms with Crippen LogP contribution in [0.2, 0.25) is 0 Å². The molecule has 0 atom stereocenters. The van der Waals surface area contributed by atoms with E-state index in [9.17, 15) is 18.9 Å². The lowest BCUT2D eigenvalue weighted by atomic mass is 10.2.